The number of hydrogen-bond acceptors (Lipinski definition) is 3. The second-order valence-electron chi connectivity index (χ2n) is 3.76. The number of nitrogens with zero attached hydrogens (tertiary/aromatic N) is 1. The molecule has 4 heteroatoms. The number of thioether (sulfide) groups is 1. The minimum Gasteiger partial charge on any atom is -0.390 e. The van der Waals surface area contributed by atoms with Crippen molar-refractivity contribution in [2.45, 2.75) is 25.2 Å². The Morgan fingerprint density at radius 1 is 1.50 bits per heavy atom. The van der Waals surface area contributed by atoms with Crippen molar-refractivity contribution in [2.24, 2.45) is 0 Å². The first kappa shape index (κ1) is 12.0. The van der Waals surface area contributed by atoms with Crippen LogP contribution in [0.4, 0.5) is 0 Å². The molecular weight excluding hydrogens is 262 g/mol. The molecule has 14 heavy (non-hydrogen) atoms. The van der Waals surface area contributed by atoms with E-state index in [2.05, 4.69) is 20.9 Å². The van der Waals surface area contributed by atoms with Crippen LogP contribution in [0.2, 0.25) is 0 Å². The Bertz CT molecular complexity index is 298. The quantitative estimate of drug-likeness (QED) is 0.858. The molecule has 0 aliphatic carbocycles. The molecule has 0 spiro atoms. The van der Waals surface area contributed by atoms with Crippen molar-refractivity contribution in [1.82, 2.24) is 4.98 Å². The highest BCUT2D eigenvalue weighted by Crippen LogP contribution is 2.17. The largest absolute Gasteiger partial charge is 0.390 e. The van der Waals surface area contributed by atoms with Crippen LogP contribution in [0, 0.1) is 0 Å². The van der Waals surface area contributed by atoms with Gasteiger partial charge in [-0.25, -0.2) is 4.98 Å². The molecule has 0 aliphatic rings. The van der Waals surface area contributed by atoms with E-state index in [9.17, 15) is 5.11 Å². The summed E-state index contributed by atoms with van der Waals surface area (Å²) in [5.74, 6) is 1.56. The summed E-state index contributed by atoms with van der Waals surface area (Å²) in [6.07, 6.45) is 0. The molecule has 1 rings (SSSR count). The molecule has 0 radical (unpaired) electrons. The number of rotatable bonds is 4. The van der Waals surface area contributed by atoms with Crippen LogP contribution in [-0.2, 0) is 5.75 Å². The van der Waals surface area contributed by atoms with E-state index in [1.54, 1.807) is 11.8 Å². The average molecular weight is 276 g/mol. The molecule has 78 valence electrons. The average Bonchev–Trinajstić information content (AvgIpc) is 2.01. The zero-order chi connectivity index (χ0) is 10.6. The van der Waals surface area contributed by atoms with Crippen molar-refractivity contribution in [3.05, 3.63) is 28.5 Å². The third-order valence-electron chi connectivity index (χ3n) is 1.48. The molecule has 1 N–H and O–H groups in total. The number of hydrogen-bond donors (Lipinski definition) is 1. The van der Waals surface area contributed by atoms with Gasteiger partial charge >= 0.3 is 0 Å². The van der Waals surface area contributed by atoms with Gasteiger partial charge in [-0.3, -0.25) is 0 Å². The van der Waals surface area contributed by atoms with Crippen molar-refractivity contribution in [3.63, 3.8) is 0 Å². The highest BCUT2D eigenvalue weighted by Gasteiger charge is 2.11. The Morgan fingerprint density at radius 3 is 2.79 bits per heavy atom. The Labute approximate surface area is 97.3 Å². The summed E-state index contributed by atoms with van der Waals surface area (Å²) in [4.78, 5) is 4.31. The van der Waals surface area contributed by atoms with Crippen LogP contribution in [0.3, 0.4) is 0 Å². The lowest BCUT2D eigenvalue weighted by atomic mass is 10.2. The lowest BCUT2D eigenvalue weighted by Gasteiger charge is -2.15. The van der Waals surface area contributed by atoms with Crippen molar-refractivity contribution in [1.29, 1.82) is 0 Å². The monoisotopic (exact) mass is 275 g/mol. The van der Waals surface area contributed by atoms with Crippen LogP contribution < -0.4 is 0 Å². The van der Waals surface area contributed by atoms with Crippen molar-refractivity contribution < 1.29 is 5.11 Å². The predicted molar refractivity (Wildman–Crippen MR) is 64.4 cm³/mol. The minimum atomic E-state index is -0.601. The van der Waals surface area contributed by atoms with Gasteiger partial charge < -0.3 is 5.11 Å². The Balaban J connectivity index is 2.39. The van der Waals surface area contributed by atoms with Gasteiger partial charge in [0.25, 0.3) is 0 Å². The normalized spacial score (nSPS) is 11.7. The highest BCUT2D eigenvalue weighted by molar-refractivity contribution is 9.10. The molecule has 1 aromatic rings. The Kier molecular flexibility index (Phi) is 4.41. The van der Waals surface area contributed by atoms with Crippen LogP contribution in [0.25, 0.3) is 0 Å². The van der Waals surface area contributed by atoms with E-state index < -0.39 is 5.60 Å². The molecule has 0 fully saturated rings. The van der Waals surface area contributed by atoms with E-state index in [0.29, 0.717) is 0 Å². The first-order valence-electron chi connectivity index (χ1n) is 4.39. The molecule has 0 amide bonds. The second kappa shape index (κ2) is 5.14. The summed E-state index contributed by atoms with van der Waals surface area (Å²) in [6.45, 7) is 3.63. The number of pyridine rings is 1. The van der Waals surface area contributed by atoms with E-state index in [0.717, 1.165) is 21.8 Å². The highest BCUT2D eigenvalue weighted by atomic mass is 79.9. The number of aliphatic hydroxyl groups is 1. The molecule has 0 atom stereocenters. The molecule has 0 unspecified atom stereocenters. The van der Waals surface area contributed by atoms with Gasteiger partial charge in [0.15, 0.2) is 0 Å². The van der Waals surface area contributed by atoms with Crippen LogP contribution in [0.5, 0.6) is 0 Å². The minimum absolute atomic E-state index is 0.601. The van der Waals surface area contributed by atoms with E-state index in [1.165, 1.54) is 0 Å². The van der Waals surface area contributed by atoms with Crippen LogP contribution >= 0.6 is 27.7 Å². The maximum Gasteiger partial charge on any atom is 0.106 e. The van der Waals surface area contributed by atoms with Gasteiger partial charge in [0.2, 0.25) is 0 Å². The fraction of sp³-hybridized carbons (Fsp3) is 0.500. The fourth-order valence-corrected chi connectivity index (χ4v) is 2.29. The van der Waals surface area contributed by atoms with Gasteiger partial charge in [-0.05, 0) is 41.9 Å². The van der Waals surface area contributed by atoms with E-state index in [4.69, 9.17) is 0 Å². The predicted octanol–water partition coefficient (Wildman–Crippen LogP) is 2.85. The summed E-state index contributed by atoms with van der Waals surface area (Å²) in [7, 11) is 0. The first-order valence-corrected chi connectivity index (χ1v) is 6.34. The first-order chi connectivity index (χ1) is 6.47. The molecule has 1 aromatic heterocycles. The summed E-state index contributed by atoms with van der Waals surface area (Å²) >= 11 is 5.01. The van der Waals surface area contributed by atoms with Crippen molar-refractivity contribution in [2.75, 3.05) is 5.75 Å². The summed E-state index contributed by atoms with van der Waals surface area (Å²) in [5.41, 5.74) is 0.435. The molecule has 0 aliphatic heterocycles. The maximum atomic E-state index is 9.50. The van der Waals surface area contributed by atoms with E-state index in [1.807, 2.05) is 32.0 Å². The lowest BCUT2D eigenvalue weighted by Crippen LogP contribution is -2.21. The standard InChI is InChI=1S/C10H14BrNOS/c1-10(2,13)7-14-6-8-4-3-5-9(11)12-8/h3-5,13H,6-7H2,1-2H3. The van der Waals surface area contributed by atoms with E-state index >= 15 is 0 Å². The molecule has 2 nitrogen and oxygen atoms in total. The maximum absolute atomic E-state index is 9.50. The lowest BCUT2D eigenvalue weighted by molar-refractivity contribution is 0.107. The third-order valence-corrected chi connectivity index (χ3v) is 3.33. The second-order valence-corrected chi connectivity index (χ2v) is 5.55. The fourth-order valence-electron chi connectivity index (χ4n) is 0.936. The molecule has 0 bridgehead atoms. The Morgan fingerprint density at radius 2 is 2.21 bits per heavy atom. The van der Waals surface area contributed by atoms with Crippen molar-refractivity contribution >= 4 is 27.7 Å². The van der Waals surface area contributed by atoms with Gasteiger partial charge in [0.05, 0.1) is 11.3 Å². The van der Waals surface area contributed by atoms with Crippen molar-refractivity contribution in [3.8, 4) is 0 Å². The number of halogens is 1. The zero-order valence-electron chi connectivity index (χ0n) is 8.33. The summed E-state index contributed by atoms with van der Waals surface area (Å²) in [6, 6.07) is 5.86. The number of aromatic nitrogens is 1. The van der Waals surface area contributed by atoms with Gasteiger partial charge in [0.1, 0.15) is 4.60 Å². The van der Waals surface area contributed by atoms with Gasteiger partial charge in [-0.2, -0.15) is 11.8 Å². The molecule has 0 saturated carbocycles. The van der Waals surface area contributed by atoms with Gasteiger partial charge in [-0.15, -0.1) is 0 Å². The molecule has 1 heterocycles. The zero-order valence-corrected chi connectivity index (χ0v) is 10.7. The van der Waals surface area contributed by atoms with Crippen LogP contribution in [0.15, 0.2) is 22.8 Å². The smallest absolute Gasteiger partial charge is 0.106 e. The summed E-state index contributed by atoms with van der Waals surface area (Å²) in [5, 5.41) is 9.50. The SMILES string of the molecule is CC(C)(O)CSCc1cccc(Br)n1. The van der Waals surface area contributed by atoms with E-state index in [-0.39, 0.29) is 0 Å². The molecule has 0 saturated heterocycles. The van der Waals surface area contributed by atoms with Gasteiger partial charge in [-0.1, -0.05) is 6.07 Å². The molecular formula is C10H14BrNOS. The van der Waals surface area contributed by atoms with Gasteiger partial charge in [0, 0.05) is 11.5 Å². The molecule has 0 aromatic carbocycles. The Hall–Kier alpha value is -0.0600. The van der Waals surface area contributed by atoms with Crippen LogP contribution in [0.1, 0.15) is 19.5 Å². The topological polar surface area (TPSA) is 33.1 Å². The third kappa shape index (κ3) is 4.98. The summed E-state index contributed by atoms with van der Waals surface area (Å²) < 4.78 is 0.860. The van der Waals surface area contributed by atoms with Crippen LogP contribution in [-0.4, -0.2) is 21.4 Å².